The zero-order valence-corrected chi connectivity index (χ0v) is 16.4. The second-order valence-corrected chi connectivity index (χ2v) is 8.13. The van der Waals surface area contributed by atoms with Gasteiger partial charge in [-0.05, 0) is 19.0 Å². The number of hydrogen-bond acceptors (Lipinski definition) is 5. The second-order valence-electron chi connectivity index (χ2n) is 7.72. The number of H-pyrrole nitrogens is 1. The molecular formula is C20H19ClFN7. The van der Waals surface area contributed by atoms with Crippen molar-refractivity contribution in [2.75, 3.05) is 31.1 Å². The maximum Gasteiger partial charge on any atom is 0.157 e. The largest absolute Gasteiger partial charge is 0.355 e. The van der Waals surface area contributed by atoms with Crippen LogP contribution in [-0.4, -0.2) is 50.7 Å². The number of nitrogens with zero attached hydrogens (tertiary/aromatic N) is 5. The van der Waals surface area contributed by atoms with E-state index >= 15 is 0 Å². The first kappa shape index (κ1) is 17.2. The van der Waals surface area contributed by atoms with Crippen molar-refractivity contribution in [3.8, 4) is 0 Å². The van der Waals surface area contributed by atoms with Gasteiger partial charge in [0.2, 0.25) is 0 Å². The van der Waals surface area contributed by atoms with Gasteiger partial charge in [-0.15, -0.1) is 0 Å². The molecule has 1 fully saturated rings. The minimum Gasteiger partial charge on any atom is -0.355 e. The quantitative estimate of drug-likeness (QED) is 0.530. The lowest BCUT2D eigenvalue weighted by Gasteiger charge is -2.41. The molecule has 0 saturated carbocycles. The highest BCUT2D eigenvalue weighted by Gasteiger charge is 2.34. The van der Waals surface area contributed by atoms with Gasteiger partial charge in [-0.25, -0.2) is 14.4 Å². The van der Waals surface area contributed by atoms with Crippen molar-refractivity contribution in [1.82, 2.24) is 29.9 Å². The second kappa shape index (κ2) is 6.40. The van der Waals surface area contributed by atoms with E-state index in [1.807, 2.05) is 10.6 Å². The average molecular weight is 412 g/mol. The molecule has 1 saturated heterocycles. The molecule has 0 bridgehead atoms. The Bertz CT molecular complexity index is 1200. The molecular weight excluding hydrogens is 393 g/mol. The third-order valence-electron chi connectivity index (χ3n) is 5.89. The molecule has 0 amide bonds. The zero-order valence-electron chi connectivity index (χ0n) is 15.6. The molecule has 9 heteroatoms. The third kappa shape index (κ3) is 2.70. The monoisotopic (exact) mass is 411 g/mol. The van der Waals surface area contributed by atoms with E-state index in [1.165, 1.54) is 11.6 Å². The highest BCUT2D eigenvalue weighted by atomic mass is 35.5. The fourth-order valence-corrected chi connectivity index (χ4v) is 4.54. The maximum atomic E-state index is 13.7. The molecule has 29 heavy (non-hydrogen) atoms. The summed E-state index contributed by atoms with van der Waals surface area (Å²) in [6, 6.07) is 4.94. The van der Waals surface area contributed by atoms with Gasteiger partial charge in [0.25, 0.3) is 0 Å². The molecule has 1 aromatic carbocycles. The van der Waals surface area contributed by atoms with Crippen LogP contribution in [0.15, 0.2) is 24.4 Å². The van der Waals surface area contributed by atoms with E-state index in [4.69, 9.17) is 16.6 Å². The number of aromatic nitrogens is 5. The van der Waals surface area contributed by atoms with Crippen molar-refractivity contribution in [3.63, 3.8) is 0 Å². The summed E-state index contributed by atoms with van der Waals surface area (Å²) in [5.41, 5.74) is 4.71. The Labute approximate surface area is 170 Å². The topological polar surface area (TPSA) is 74.1 Å². The SMILES string of the molecule is Fc1cc2[nH]c(C3CN(c4c5c(nc6ccnn46)CCNCC5)C3)nc2cc1Cl. The van der Waals surface area contributed by atoms with Crippen molar-refractivity contribution in [3.05, 3.63) is 52.3 Å². The van der Waals surface area contributed by atoms with Crippen LogP contribution in [0.3, 0.4) is 0 Å². The Morgan fingerprint density at radius 3 is 2.90 bits per heavy atom. The Balaban J connectivity index is 1.34. The Morgan fingerprint density at radius 2 is 2.00 bits per heavy atom. The molecule has 0 radical (unpaired) electrons. The molecule has 7 nitrogen and oxygen atoms in total. The van der Waals surface area contributed by atoms with E-state index in [9.17, 15) is 4.39 Å². The average Bonchev–Trinajstić information content (AvgIpc) is 3.21. The number of halogens is 2. The number of imidazole rings is 1. The van der Waals surface area contributed by atoms with E-state index < -0.39 is 5.82 Å². The number of hydrogen-bond donors (Lipinski definition) is 2. The summed E-state index contributed by atoms with van der Waals surface area (Å²) in [7, 11) is 0. The molecule has 0 atom stereocenters. The Morgan fingerprint density at radius 1 is 1.14 bits per heavy atom. The number of fused-ring (bicyclic) bond motifs is 3. The molecule has 2 aliphatic heterocycles. The van der Waals surface area contributed by atoms with Crippen LogP contribution in [0, 0.1) is 5.82 Å². The first-order valence-electron chi connectivity index (χ1n) is 9.83. The zero-order chi connectivity index (χ0) is 19.5. The van der Waals surface area contributed by atoms with Gasteiger partial charge in [0.1, 0.15) is 17.5 Å². The van der Waals surface area contributed by atoms with Crippen LogP contribution in [0.5, 0.6) is 0 Å². The predicted octanol–water partition coefficient (Wildman–Crippen LogP) is 2.69. The molecule has 4 aromatic rings. The molecule has 148 valence electrons. The fourth-order valence-electron chi connectivity index (χ4n) is 4.38. The number of nitrogens with one attached hydrogen (secondary N) is 2. The van der Waals surface area contributed by atoms with E-state index in [1.54, 1.807) is 12.3 Å². The van der Waals surface area contributed by atoms with E-state index in [2.05, 4.69) is 25.3 Å². The van der Waals surface area contributed by atoms with Crippen molar-refractivity contribution in [2.45, 2.75) is 18.8 Å². The highest BCUT2D eigenvalue weighted by molar-refractivity contribution is 6.31. The summed E-state index contributed by atoms with van der Waals surface area (Å²) in [4.78, 5) is 15.1. The van der Waals surface area contributed by atoms with Crippen LogP contribution in [0.2, 0.25) is 5.02 Å². The standard InChI is InChI=1S/C20H19ClFN7/c21-13-7-16-17(8-14(13)22)27-19(26-16)11-9-28(10-11)20-12-1-4-23-5-2-15(12)25-18-3-6-24-29(18)20/h3,6-8,11,23H,1-2,4-5,9-10H2,(H,26,27). The lowest BCUT2D eigenvalue weighted by atomic mass is 9.97. The summed E-state index contributed by atoms with van der Waals surface area (Å²) >= 11 is 5.90. The molecule has 3 aromatic heterocycles. The number of aromatic amines is 1. The summed E-state index contributed by atoms with van der Waals surface area (Å²) in [6.07, 6.45) is 3.67. The van der Waals surface area contributed by atoms with E-state index in [0.29, 0.717) is 11.0 Å². The molecule has 0 aliphatic carbocycles. The molecule has 0 spiro atoms. The number of rotatable bonds is 2. The van der Waals surface area contributed by atoms with Crippen LogP contribution in [-0.2, 0) is 12.8 Å². The smallest absolute Gasteiger partial charge is 0.157 e. The molecule has 2 aliphatic rings. The lowest BCUT2D eigenvalue weighted by molar-refractivity contribution is 0.494. The fraction of sp³-hybridized carbons (Fsp3) is 0.350. The summed E-state index contributed by atoms with van der Waals surface area (Å²) < 4.78 is 15.7. The minimum atomic E-state index is -0.432. The normalized spacial score (nSPS) is 17.5. The molecule has 6 rings (SSSR count). The Hall–Kier alpha value is -2.71. The van der Waals surface area contributed by atoms with Gasteiger partial charge in [0.05, 0.1) is 33.9 Å². The first-order valence-corrected chi connectivity index (χ1v) is 10.2. The van der Waals surface area contributed by atoms with Gasteiger partial charge in [-0.2, -0.15) is 9.61 Å². The van der Waals surface area contributed by atoms with Gasteiger partial charge >= 0.3 is 0 Å². The van der Waals surface area contributed by atoms with Crippen LogP contribution < -0.4 is 10.2 Å². The number of anilines is 1. The van der Waals surface area contributed by atoms with Crippen molar-refractivity contribution >= 4 is 34.1 Å². The van der Waals surface area contributed by atoms with Gasteiger partial charge in [-0.3, -0.25) is 0 Å². The van der Waals surface area contributed by atoms with Crippen LogP contribution in [0.4, 0.5) is 10.2 Å². The van der Waals surface area contributed by atoms with Crippen LogP contribution in [0.25, 0.3) is 16.7 Å². The summed E-state index contributed by atoms with van der Waals surface area (Å²) in [5.74, 6) is 1.83. The molecule has 0 unspecified atom stereocenters. The minimum absolute atomic E-state index is 0.0972. The summed E-state index contributed by atoms with van der Waals surface area (Å²) in [5, 5.41) is 8.08. The van der Waals surface area contributed by atoms with Crippen LogP contribution in [0.1, 0.15) is 23.0 Å². The molecule has 5 heterocycles. The van der Waals surface area contributed by atoms with Crippen molar-refractivity contribution in [1.29, 1.82) is 0 Å². The third-order valence-corrected chi connectivity index (χ3v) is 6.18. The van der Waals surface area contributed by atoms with Crippen molar-refractivity contribution < 1.29 is 4.39 Å². The van der Waals surface area contributed by atoms with Gasteiger partial charge < -0.3 is 15.2 Å². The highest BCUT2D eigenvalue weighted by Crippen LogP contribution is 2.35. The van der Waals surface area contributed by atoms with Crippen LogP contribution >= 0.6 is 11.6 Å². The van der Waals surface area contributed by atoms with Crippen molar-refractivity contribution in [2.24, 2.45) is 0 Å². The maximum absolute atomic E-state index is 13.7. The van der Waals surface area contributed by atoms with Gasteiger partial charge in [0.15, 0.2) is 5.65 Å². The Kier molecular flexibility index (Phi) is 3.79. The van der Waals surface area contributed by atoms with E-state index in [-0.39, 0.29) is 10.9 Å². The predicted molar refractivity (Wildman–Crippen MR) is 109 cm³/mol. The molecule has 2 N–H and O–H groups in total. The first-order chi connectivity index (χ1) is 14.2. The van der Waals surface area contributed by atoms with E-state index in [0.717, 1.165) is 62.0 Å². The lowest BCUT2D eigenvalue weighted by Crippen LogP contribution is -2.47. The van der Waals surface area contributed by atoms with Gasteiger partial charge in [0, 0.05) is 43.8 Å². The summed E-state index contributed by atoms with van der Waals surface area (Å²) in [6.45, 7) is 3.55. The van der Waals surface area contributed by atoms with Gasteiger partial charge in [-0.1, -0.05) is 11.6 Å². The number of benzene rings is 1.